The van der Waals surface area contributed by atoms with Gasteiger partial charge in [-0.15, -0.1) is 0 Å². The number of fused-ring (bicyclic) bond motifs is 1. The van der Waals surface area contributed by atoms with E-state index < -0.39 is 0 Å². The maximum absolute atomic E-state index is 3.72. The summed E-state index contributed by atoms with van der Waals surface area (Å²) in [6.07, 6.45) is 0. The topological polar surface area (TPSA) is 0 Å². The summed E-state index contributed by atoms with van der Waals surface area (Å²) in [5.41, 5.74) is 5.56. The highest BCUT2D eigenvalue weighted by Crippen LogP contribution is 2.42. The van der Waals surface area contributed by atoms with Gasteiger partial charge < -0.3 is 0 Å². The number of halogens is 2. The maximum atomic E-state index is 3.72. The van der Waals surface area contributed by atoms with Crippen LogP contribution in [0.5, 0.6) is 0 Å². The second-order valence-electron chi connectivity index (χ2n) is 6.88. The van der Waals surface area contributed by atoms with Crippen LogP contribution in [0.3, 0.4) is 0 Å². The van der Waals surface area contributed by atoms with E-state index in [-0.39, 0.29) is 0 Å². The fraction of sp³-hybridized carbons (Fsp3) is 0.273. The number of hydrogen-bond donors (Lipinski definition) is 0. The molecule has 2 heteroatoms. The molecule has 0 atom stereocenters. The fourth-order valence-electron chi connectivity index (χ4n) is 3.40. The van der Waals surface area contributed by atoms with Crippen molar-refractivity contribution in [1.82, 2.24) is 0 Å². The second-order valence-corrected chi connectivity index (χ2v) is 8.59. The van der Waals surface area contributed by atoms with Crippen LogP contribution in [-0.2, 0) is 0 Å². The van der Waals surface area contributed by atoms with Crippen molar-refractivity contribution in [2.24, 2.45) is 0 Å². The Kier molecular flexibility index (Phi) is 5.17. The molecule has 0 radical (unpaired) electrons. The summed E-state index contributed by atoms with van der Waals surface area (Å²) in [5.74, 6) is 0.981. The van der Waals surface area contributed by atoms with Gasteiger partial charge in [0.05, 0.1) is 0 Å². The molecule has 0 fully saturated rings. The Balaban J connectivity index is 2.45. The third-order valence-corrected chi connectivity index (χ3v) is 5.90. The lowest BCUT2D eigenvalue weighted by molar-refractivity contribution is 0.838. The molecule has 0 amide bonds. The molecule has 124 valence electrons. The van der Waals surface area contributed by atoms with Crippen molar-refractivity contribution >= 4 is 42.6 Å². The van der Waals surface area contributed by atoms with E-state index in [0.29, 0.717) is 11.8 Å². The largest absolute Gasteiger partial charge is 0.0617 e. The number of hydrogen-bond acceptors (Lipinski definition) is 0. The van der Waals surface area contributed by atoms with E-state index in [0.717, 1.165) is 8.95 Å². The molecule has 0 heterocycles. The van der Waals surface area contributed by atoms with Crippen LogP contribution in [0.1, 0.15) is 50.7 Å². The molecule has 0 aliphatic heterocycles. The third kappa shape index (κ3) is 3.07. The summed E-state index contributed by atoms with van der Waals surface area (Å²) < 4.78 is 2.25. The maximum Gasteiger partial charge on any atom is 0.0265 e. The van der Waals surface area contributed by atoms with E-state index in [2.05, 4.69) is 108 Å². The average Bonchev–Trinajstić information content (AvgIpc) is 2.54. The van der Waals surface area contributed by atoms with Gasteiger partial charge in [0.15, 0.2) is 0 Å². The van der Waals surface area contributed by atoms with Crippen molar-refractivity contribution in [1.29, 1.82) is 0 Å². The fourth-order valence-corrected chi connectivity index (χ4v) is 4.81. The standard InChI is InChI=1S/C22H22Br2/c1-13(2)15-7-5-8-16(14(3)4)21(15)18-11-12-20(24)22-17(18)9-6-10-19(22)23/h5-14H,1-4H3. The summed E-state index contributed by atoms with van der Waals surface area (Å²) in [6, 6.07) is 17.6. The van der Waals surface area contributed by atoms with Crippen LogP contribution in [0.25, 0.3) is 21.9 Å². The minimum Gasteiger partial charge on any atom is -0.0617 e. The molecule has 0 aliphatic carbocycles. The molecule has 0 aliphatic rings. The first-order chi connectivity index (χ1) is 11.4. The van der Waals surface area contributed by atoms with Crippen LogP contribution in [0.4, 0.5) is 0 Å². The zero-order chi connectivity index (χ0) is 17.4. The van der Waals surface area contributed by atoms with E-state index in [1.165, 1.54) is 33.0 Å². The second kappa shape index (κ2) is 7.01. The molecule has 0 nitrogen and oxygen atoms in total. The van der Waals surface area contributed by atoms with Crippen LogP contribution >= 0.6 is 31.9 Å². The Morgan fingerprint density at radius 2 is 1.21 bits per heavy atom. The molecule has 0 saturated carbocycles. The zero-order valence-electron chi connectivity index (χ0n) is 14.5. The van der Waals surface area contributed by atoms with Crippen molar-refractivity contribution in [3.05, 3.63) is 68.6 Å². The van der Waals surface area contributed by atoms with Gasteiger partial charge in [0.1, 0.15) is 0 Å². The highest BCUT2D eigenvalue weighted by atomic mass is 79.9. The molecule has 3 aromatic carbocycles. The Bertz CT molecular complexity index is 857. The molecule has 0 saturated heterocycles. The van der Waals surface area contributed by atoms with Gasteiger partial charge in [-0.05, 0) is 51.6 Å². The summed E-state index contributed by atoms with van der Waals surface area (Å²) in [6.45, 7) is 9.11. The molecular weight excluding hydrogens is 424 g/mol. The van der Waals surface area contributed by atoms with Crippen molar-refractivity contribution < 1.29 is 0 Å². The van der Waals surface area contributed by atoms with Gasteiger partial charge in [-0.25, -0.2) is 0 Å². The molecule has 0 aromatic heterocycles. The van der Waals surface area contributed by atoms with Gasteiger partial charge in [0.2, 0.25) is 0 Å². The van der Waals surface area contributed by atoms with Crippen molar-refractivity contribution in [3.8, 4) is 11.1 Å². The minimum atomic E-state index is 0.490. The quantitative estimate of drug-likeness (QED) is 0.380. The lowest BCUT2D eigenvalue weighted by Crippen LogP contribution is -2.00. The van der Waals surface area contributed by atoms with E-state index in [1.54, 1.807) is 0 Å². The van der Waals surface area contributed by atoms with Crippen molar-refractivity contribution in [2.75, 3.05) is 0 Å². The lowest BCUT2D eigenvalue weighted by Gasteiger charge is -2.21. The smallest absolute Gasteiger partial charge is 0.0265 e. The van der Waals surface area contributed by atoms with Gasteiger partial charge in [-0.3, -0.25) is 0 Å². The van der Waals surface area contributed by atoms with Crippen molar-refractivity contribution in [3.63, 3.8) is 0 Å². The highest BCUT2D eigenvalue weighted by Gasteiger charge is 2.18. The molecule has 0 spiro atoms. The predicted molar refractivity (Wildman–Crippen MR) is 113 cm³/mol. The predicted octanol–water partition coefficient (Wildman–Crippen LogP) is 8.28. The lowest BCUT2D eigenvalue weighted by atomic mass is 9.83. The highest BCUT2D eigenvalue weighted by molar-refractivity contribution is 9.11. The van der Waals surface area contributed by atoms with Gasteiger partial charge in [0.25, 0.3) is 0 Å². The summed E-state index contributed by atoms with van der Waals surface area (Å²) in [5, 5.41) is 2.53. The Morgan fingerprint density at radius 3 is 1.79 bits per heavy atom. The Morgan fingerprint density at radius 1 is 0.667 bits per heavy atom. The molecule has 3 aromatic rings. The first kappa shape index (κ1) is 17.7. The van der Waals surface area contributed by atoms with Crippen LogP contribution in [0.2, 0.25) is 0 Å². The van der Waals surface area contributed by atoms with Crippen LogP contribution in [-0.4, -0.2) is 0 Å². The number of benzene rings is 3. The molecular formula is C22H22Br2. The van der Waals surface area contributed by atoms with Crippen LogP contribution in [0.15, 0.2) is 57.5 Å². The van der Waals surface area contributed by atoms with Gasteiger partial charge >= 0.3 is 0 Å². The van der Waals surface area contributed by atoms with Crippen molar-refractivity contribution in [2.45, 2.75) is 39.5 Å². The molecule has 0 bridgehead atoms. The number of rotatable bonds is 3. The Hall–Kier alpha value is -1.12. The molecule has 3 rings (SSSR count). The Labute approximate surface area is 161 Å². The van der Waals surface area contributed by atoms with Crippen LogP contribution < -0.4 is 0 Å². The first-order valence-corrected chi connectivity index (χ1v) is 10.00. The first-order valence-electron chi connectivity index (χ1n) is 8.41. The van der Waals surface area contributed by atoms with Gasteiger partial charge in [-0.1, -0.05) is 96.0 Å². The average molecular weight is 446 g/mol. The van der Waals surface area contributed by atoms with E-state index >= 15 is 0 Å². The third-order valence-electron chi connectivity index (χ3n) is 4.58. The van der Waals surface area contributed by atoms with E-state index in [9.17, 15) is 0 Å². The SMILES string of the molecule is CC(C)c1cccc(C(C)C)c1-c1ccc(Br)c2c(Br)cccc12. The summed E-state index contributed by atoms with van der Waals surface area (Å²) in [4.78, 5) is 0. The zero-order valence-corrected chi connectivity index (χ0v) is 17.7. The molecule has 0 N–H and O–H groups in total. The summed E-state index contributed by atoms with van der Waals surface area (Å²) in [7, 11) is 0. The van der Waals surface area contributed by atoms with Gasteiger partial charge in [0, 0.05) is 14.3 Å². The molecule has 0 unspecified atom stereocenters. The van der Waals surface area contributed by atoms with E-state index in [4.69, 9.17) is 0 Å². The monoisotopic (exact) mass is 444 g/mol. The van der Waals surface area contributed by atoms with Crippen LogP contribution in [0, 0.1) is 0 Å². The van der Waals surface area contributed by atoms with Gasteiger partial charge in [-0.2, -0.15) is 0 Å². The minimum absolute atomic E-state index is 0.490. The normalized spacial score (nSPS) is 11.7. The van der Waals surface area contributed by atoms with E-state index in [1.807, 2.05) is 0 Å². The molecule has 24 heavy (non-hydrogen) atoms. The summed E-state index contributed by atoms with van der Waals surface area (Å²) >= 11 is 7.44.